The summed E-state index contributed by atoms with van der Waals surface area (Å²) >= 11 is 0. The Morgan fingerprint density at radius 3 is 2.57 bits per heavy atom. The molecule has 0 bridgehead atoms. The predicted octanol–water partition coefficient (Wildman–Crippen LogP) is 3.50. The van der Waals surface area contributed by atoms with Gasteiger partial charge in [-0.15, -0.1) is 0 Å². The molecule has 0 radical (unpaired) electrons. The number of rotatable bonds is 8. The summed E-state index contributed by atoms with van der Waals surface area (Å²) in [5.74, 6) is 0.843. The van der Waals surface area contributed by atoms with Crippen molar-refractivity contribution in [3.63, 3.8) is 0 Å². The second-order valence-electron chi connectivity index (χ2n) is 8.05. The van der Waals surface area contributed by atoms with Gasteiger partial charge < -0.3 is 19.4 Å². The summed E-state index contributed by atoms with van der Waals surface area (Å²) in [7, 11) is 1.57. The van der Waals surface area contributed by atoms with E-state index in [0.29, 0.717) is 48.2 Å². The van der Waals surface area contributed by atoms with E-state index in [1.807, 2.05) is 32.9 Å². The van der Waals surface area contributed by atoms with Crippen molar-refractivity contribution >= 4 is 16.9 Å². The third-order valence-corrected chi connectivity index (χ3v) is 4.37. The smallest absolute Gasteiger partial charge is 0.293 e. The van der Waals surface area contributed by atoms with Crippen LogP contribution >= 0.6 is 0 Å². The van der Waals surface area contributed by atoms with E-state index >= 15 is 0 Å². The number of fused-ring (bicyclic) bond motifs is 1. The Bertz CT molecular complexity index is 1060. The minimum absolute atomic E-state index is 0.178. The van der Waals surface area contributed by atoms with Gasteiger partial charge in [0.15, 0.2) is 5.82 Å². The molecule has 3 aromatic heterocycles. The lowest BCUT2D eigenvalue weighted by Gasteiger charge is -2.22. The molecule has 8 heteroatoms. The summed E-state index contributed by atoms with van der Waals surface area (Å²) in [4.78, 5) is 26.5. The van der Waals surface area contributed by atoms with Crippen LogP contribution in [-0.4, -0.2) is 45.4 Å². The van der Waals surface area contributed by atoms with Crippen molar-refractivity contribution in [3.8, 4) is 17.1 Å². The molecule has 0 aromatic carbocycles. The second-order valence-corrected chi connectivity index (χ2v) is 8.05. The maximum atomic E-state index is 13.2. The minimum Gasteiger partial charge on any atom is -0.481 e. The average Bonchev–Trinajstić information content (AvgIpc) is 2.72. The van der Waals surface area contributed by atoms with Crippen molar-refractivity contribution in [2.75, 3.05) is 25.6 Å². The summed E-state index contributed by atoms with van der Waals surface area (Å²) < 4.78 is 12.5. The Hall–Kier alpha value is -3.00. The van der Waals surface area contributed by atoms with Crippen molar-refractivity contribution in [1.29, 1.82) is 0 Å². The minimum atomic E-state index is -0.293. The molecular formula is C22H29N5O3. The van der Waals surface area contributed by atoms with Crippen molar-refractivity contribution < 1.29 is 9.47 Å². The zero-order valence-electron chi connectivity index (χ0n) is 18.2. The van der Waals surface area contributed by atoms with Gasteiger partial charge in [0.2, 0.25) is 5.88 Å². The molecule has 0 amide bonds. The molecule has 0 unspecified atom stereocenters. The van der Waals surface area contributed by atoms with Crippen LogP contribution in [0.15, 0.2) is 35.4 Å². The van der Waals surface area contributed by atoms with Gasteiger partial charge in [-0.05, 0) is 39.3 Å². The van der Waals surface area contributed by atoms with Crippen LogP contribution < -0.4 is 15.6 Å². The highest BCUT2D eigenvalue weighted by atomic mass is 16.5. The first-order valence-corrected chi connectivity index (χ1v) is 10.1. The van der Waals surface area contributed by atoms with E-state index in [-0.39, 0.29) is 11.1 Å². The molecule has 160 valence electrons. The van der Waals surface area contributed by atoms with E-state index in [9.17, 15) is 4.79 Å². The number of aromatic nitrogens is 4. The van der Waals surface area contributed by atoms with Crippen LogP contribution in [0.1, 0.15) is 34.1 Å². The predicted molar refractivity (Wildman–Crippen MR) is 118 cm³/mol. The van der Waals surface area contributed by atoms with E-state index in [1.54, 1.807) is 30.1 Å². The first-order valence-electron chi connectivity index (χ1n) is 10.1. The van der Waals surface area contributed by atoms with Gasteiger partial charge in [0, 0.05) is 36.5 Å². The van der Waals surface area contributed by atoms with E-state index in [4.69, 9.17) is 9.47 Å². The first kappa shape index (κ1) is 21.7. The molecular weight excluding hydrogens is 382 g/mol. The summed E-state index contributed by atoms with van der Waals surface area (Å²) in [5, 5.41) is 3.21. The number of hydrogen-bond acceptors (Lipinski definition) is 7. The Labute approximate surface area is 176 Å². The fourth-order valence-electron chi connectivity index (χ4n) is 3.02. The monoisotopic (exact) mass is 411 g/mol. The van der Waals surface area contributed by atoms with Crippen LogP contribution in [0.3, 0.4) is 0 Å². The molecule has 0 aliphatic carbocycles. The van der Waals surface area contributed by atoms with Gasteiger partial charge in [0.1, 0.15) is 5.52 Å². The Kier molecular flexibility index (Phi) is 6.66. The van der Waals surface area contributed by atoms with Crippen LogP contribution in [0, 0.1) is 0 Å². The van der Waals surface area contributed by atoms with E-state index in [2.05, 4.69) is 27.2 Å². The Balaban J connectivity index is 2.08. The number of anilines is 1. The van der Waals surface area contributed by atoms with Gasteiger partial charge in [0.25, 0.3) is 5.56 Å². The fraction of sp³-hybridized carbons (Fsp3) is 0.455. The SMILES string of the molecule is CCCOCCn1c(=O)c(NC(C)(C)C)nc2cnc(-c3ccc(OC)nc3)cc21. The molecule has 0 aliphatic rings. The molecule has 30 heavy (non-hydrogen) atoms. The highest BCUT2D eigenvalue weighted by Gasteiger charge is 2.17. The maximum Gasteiger partial charge on any atom is 0.293 e. The quantitative estimate of drug-likeness (QED) is 0.567. The average molecular weight is 412 g/mol. The third kappa shape index (κ3) is 5.13. The Morgan fingerprint density at radius 2 is 1.93 bits per heavy atom. The second kappa shape index (κ2) is 9.21. The standard InChI is InChI=1S/C22H29N5O3/c1-6-10-30-11-9-27-18-12-16(15-7-8-19(29-5)24-13-15)23-14-17(18)25-20(21(27)28)26-22(2,3)4/h7-8,12-14H,6,9-11H2,1-5H3,(H,25,26). The lowest BCUT2D eigenvalue weighted by Crippen LogP contribution is -2.34. The molecule has 0 saturated carbocycles. The molecule has 0 fully saturated rings. The molecule has 0 spiro atoms. The van der Waals surface area contributed by atoms with Crippen LogP contribution in [0.25, 0.3) is 22.3 Å². The Morgan fingerprint density at radius 1 is 1.13 bits per heavy atom. The lowest BCUT2D eigenvalue weighted by atomic mass is 10.1. The van der Waals surface area contributed by atoms with E-state index in [1.165, 1.54) is 0 Å². The van der Waals surface area contributed by atoms with Gasteiger partial charge in [-0.25, -0.2) is 9.97 Å². The number of ether oxygens (including phenoxy) is 2. The maximum absolute atomic E-state index is 13.2. The van der Waals surface area contributed by atoms with E-state index < -0.39 is 0 Å². The molecule has 0 atom stereocenters. The van der Waals surface area contributed by atoms with Crippen molar-refractivity contribution in [3.05, 3.63) is 40.9 Å². The number of methoxy groups -OCH3 is 1. The topological polar surface area (TPSA) is 91.2 Å². The van der Waals surface area contributed by atoms with Crippen molar-refractivity contribution in [2.45, 2.75) is 46.2 Å². The molecule has 3 heterocycles. The molecule has 1 N–H and O–H groups in total. The summed E-state index contributed by atoms with van der Waals surface area (Å²) in [6.45, 7) is 9.57. The molecule has 3 rings (SSSR count). The van der Waals surface area contributed by atoms with Gasteiger partial charge in [-0.3, -0.25) is 9.78 Å². The zero-order chi connectivity index (χ0) is 21.7. The number of hydrogen-bond donors (Lipinski definition) is 1. The number of nitrogens with zero attached hydrogens (tertiary/aromatic N) is 4. The normalized spacial score (nSPS) is 11.6. The van der Waals surface area contributed by atoms with Crippen LogP contribution in [0.5, 0.6) is 5.88 Å². The van der Waals surface area contributed by atoms with Gasteiger partial charge in [0.05, 0.1) is 31.1 Å². The highest BCUT2D eigenvalue weighted by Crippen LogP contribution is 2.22. The van der Waals surface area contributed by atoms with Gasteiger partial charge in [-0.1, -0.05) is 6.92 Å². The van der Waals surface area contributed by atoms with Crippen LogP contribution in [0.4, 0.5) is 5.82 Å². The molecule has 8 nitrogen and oxygen atoms in total. The summed E-state index contributed by atoms with van der Waals surface area (Å²) in [6, 6.07) is 5.53. The van der Waals surface area contributed by atoms with Crippen LogP contribution in [0.2, 0.25) is 0 Å². The number of pyridine rings is 2. The van der Waals surface area contributed by atoms with Crippen LogP contribution in [-0.2, 0) is 11.3 Å². The van der Waals surface area contributed by atoms with Gasteiger partial charge >= 0.3 is 0 Å². The zero-order valence-corrected chi connectivity index (χ0v) is 18.2. The number of nitrogens with one attached hydrogen (secondary N) is 1. The summed E-state index contributed by atoms with van der Waals surface area (Å²) in [5.41, 5.74) is 2.41. The van der Waals surface area contributed by atoms with Gasteiger partial charge in [-0.2, -0.15) is 0 Å². The van der Waals surface area contributed by atoms with E-state index in [0.717, 1.165) is 12.0 Å². The summed E-state index contributed by atoms with van der Waals surface area (Å²) in [6.07, 6.45) is 4.32. The molecule has 3 aromatic rings. The van der Waals surface area contributed by atoms with Crippen molar-refractivity contribution in [1.82, 2.24) is 19.5 Å². The largest absolute Gasteiger partial charge is 0.481 e. The lowest BCUT2D eigenvalue weighted by molar-refractivity contribution is 0.127. The molecule has 0 saturated heterocycles. The highest BCUT2D eigenvalue weighted by molar-refractivity contribution is 5.80. The fourth-order valence-corrected chi connectivity index (χ4v) is 3.02. The third-order valence-electron chi connectivity index (χ3n) is 4.37. The molecule has 0 aliphatic heterocycles. The van der Waals surface area contributed by atoms with Crippen molar-refractivity contribution in [2.24, 2.45) is 0 Å². The first-order chi connectivity index (χ1) is 14.3.